The quantitative estimate of drug-likeness (QED) is 0.504. The molecule has 0 unspecified atom stereocenters. The summed E-state index contributed by atoms with van der Waals surface area (Å²) in [5, 5.41) is 7.76. The van der Waals surface area contributed by atoms with Crippen LogP contribution in [0.2, 0.25) is 0 Å². The van der Waals surface area contributed by atoms with Crippen LogP contribution in [0.3, 0.4) is 0 Å². The van der Waals surface area contributed by atoms with Crippen LogP contribution in [-0.4, -0.2) is 54.4 Å². The second kappa shape index (κ2) is 5.74. The molecule has 2 rings (SSSR count). The number of imidazole rings is 1. The van der Waals surface area contributed by atoms with E-state index in [1.165, 1.54) is 12.5 Å². The van der Waals surface area contributed by atoms with Crippen LogP contribution in [0.5, 0.6) is 0 Å². The van der Waals surface area contributed by atoms with Crippen LogP contribution in [0.1, 0.15) is 19.8 Å². The molecule has 1 aliphatic heterocycles. The Balaban J connectivity index is 2.26. The average Bonchev–Trinajstić information content (AvgIpc) is 2.91. The number of hydrogen-bond donors (Lipinski definition) is 3. The number of nitrogens with two attached hydrogens (primary N) is 1. The Kier molecular flexibility index (Phi) is 4.35. The van der Waals surface area contributed by atoms with E-state index in [-0.39, 0.29) is 10.9 Å². The minimum absolute atomic E-state index is 0.0381. The van der Waals surface area contributed by atoms with Crippen LogP contribution in [0, 0.1) is 5.41 Å². The van der Waals surface area contributed by atoms with E-state index in [1.807, 2.05) is 14.0 Å². The van der Waals surface area contributed by atoms with Gasteiger partial charge in [0.05, 0.1) is 11.9 Å². The molecule has 1 fully saturated rings. The summed E-state index contributed by atoms with van der Waals surface area (Å²) < 4.78 is 29.2. The minimum atomic E-state index is -3.79. The number of aromatic nitrogens is 2. The molecule has 4 N–H and O–H groups in total. The van der Waals surface area contributed by atoms with Crippen molar-refractivity contribution < 1.29 is 8.42 Å². The van der Waals surface area contributed by atoms with Crippen LogP contribution >= 0.6 is 0 Å². The fourth-order valence-electron chi connectivity index (χ4n) is 2.39. The molecule has 0 radical (unpaired) electrons. The van der Waals surface area contributed by atoms with E-state index < -0.39 is 15.6 Å². The van der Waals surface area contributed by atoms with Crippen molar-refractivity contribution in [1.82, 2.24) is 19.2 Å². The first-order chi connectivity index (χ1) is 9.79. The fraction of sp³-hybridized carbons (Fsp3) is 0.667. The van der Waals surface area contributed by atoms with E-state index >= 15 is 0 Å². The Morgan fingerprint density at radius 2 is 2.14 bits per heavy atom. The van der Waals surface area contributed by atoms with Gasteiger partial charge in [-0.3, -0.25) is 5.41 Å². The highest BCUT2D eigenvalue weighted by Crippen LogP contribution is 2.24. The van der Waals surface area contributed by atoms with Crippen molar-refractivity contribution >= 4 is 15.9 Å². The van der Waals surface area contributed by atoms with E-state index in [4.69, 9.17) is 11.1 Å². The first-order valence-corrected chi connectivity index (χ1v) is 8.36. The smallest absolute Gasteiger partial charge is 0.260 e. The molecular formula is C12H22N6O2S. The Morgan fingerprint density at radius 1 is 1.52 bits per heavy atom. The van der Waals surface area contributed by atoms with Crippen molar-refractivity contribution in [2.45, 2.75) is 36.9 Å². The number of nitrogens with one attached hydrogen (secondary N) is 2. The molecule has 0 atom stereocenters. The lowest BCUT2D eigenvalue weighted by Gasteiger charge is -2.39. The summed E-state index contributed by atoms with van der Waals surface area (Å²) in [5.74, 6) is -0.144. The van der Waals surface area contributed by atoms with E-state index in [9.17, 15) is 8.42 Å². The second-order valence-corrected chi connectivity index (χ2v) is 7.08. The Labute approximate surface area is 124 Å². The van der Waals surface area contributed by atoms with Gasteiger partial charge in [0.2, 0.25) is 0 Å². The molecule has 1 aliphatic rings. The van der Waals surface area contributed by atoms with Crippen molar-refractivity contribution in [2.75, 3.05) is 20.1 Å². The molecule has 2 heterocycles. The van der Waals surface area contributed by atoms with Crippen molar-refractivity contribution in [1.29, 1.82) is 5.41 Å². The maximum Gasteiger partial charge on any atom is 0.260 e. The number of amidine groups is 1. The van der Waals surface area contributed by atoms with E-state index in [0.717, 1.165) is 0 Å². The topological polar surface area (TPSA) is 117 Å². The van der Waals surface area contributed by atoms with Crippen molar-refractivity contribution in [3.05, 3.63) is 12.5 Å². The first-order valence-electron chi connectivity index (χ1n) is 6.88. The Morgan fingerprint density at radius 3 is 2.62 bits per heavy atom. The molecule has 0 saturated carbocycles. The van der Waals surface area contributed by atoms with Gasteiger partial charge in [0, 0.05) is 25.8 Å². The molecule has 118 valence electrons. The monoisotopic (exact) mass is 314 g/mol. The molecule has 1 aromatic rings. The van der Waals surface area contributed by atoms with E-state index in [1.54, 1.807) is 4.57 Å². The predicted octanol–water partition coefficient (Wildman–Crippen LogP) is -0.418. The van der Waals surface area contributed by atoms with Crippen LogP contribution in [0.25, 0.3) is 0 Å². The number of sulfonamides is 1. The highest BCUT2D eigenvalue weighted by atomic mass is 32.2. The molecule has 8 nitrogen and oxygen atoms in total. The third kappa shape index (κ3) is 3.25. The van der Waals surface area contributed by atoms with Crippen LogP contribution in [0.15, 0.2) is 17.6 Å². The molecular weight excluding hydrogens is 292 g/mol. The number of piperidine rings is 1. The van der Waals surface area contributed by atoms with Gasteiger partial charge in [-0.2, -0.15) is 4.72 Å². The predicted molar refractivity (Wildman–Crippen MR) is 79.6 cm³/mol. The zero-order valence-corrected chi connectivity index (χ0v) is 13.2. The lowest BCUT2D eigenvalue weighted by Crippen LogP contribution is -2.61. The van der Waals surface area contributed by atoms with Gasteiger partial charge in [0.15, 0.2) is 5.03 Å². The fourth-order valence-corrected chi connectivity index (χ4v) is 3.78. The van der Waals surface area contributed by atoms with E-state index in [2.05, 4.69) is 14.6 Å². The molecule has 1 aromatic heterocycles. The largest absolute Gasteiger partial charge is 0.386 e. The van der Waals surface area contributed by atoms with Gasteiger partial charge in [-0.25, -0.2) is 13.4 Å². The maximum atomic E-state index is 12.5. The molecule has 9 heteroatoms. The number of likely N-dealkylation sites (tertiary alicyclic amines) is 1. The summed E-state index contributed by atoms with van der Waals surface area (Å²) >= 11 is 0. The SMILES string of the molecule is CCn1cnc(S(=O)(=O)NC2(C(=N)N)CCN(C)CC2)c1. The standard InChI is InChI=1S/C12H22N6O2S/c1-3-18-8-10(15-9-18)21(19,20)16-12(11(13)14)4-6-17(2)7-5-12/h8-9,16H,3-7H2,1-2H3,(H3,13,14). The number of rotatable bonds is 5. The third-order valence-electron chi connectivity index (χ3n) is 3.94. The van der Waals surface area contributed by atoms with Crippen LogP contribution in [-0.2, 0) is 16.6 Å². The summed E-state index contributed by atoms with van der Waals surface area (Å²) in [7, 11) is -1.83. The van der Waals surface area contributed by atoms with E-state index in [0.29, 0.717) is 32.5 Å². The van der Waals surface area contributed by atoms with Crippen molar-refractivity contribution in [2.24, 2.45) is 5.73 Å². The molecule has 21 heavy (non-hydrogen) atoms. The second-order valence-electron chi connectivity index (χ2n) is 5.45. The molecule has 0 aromatic carbocycles. The highest BCUT2D eigenvalue weighted by Gasteiger charge is 2.41. The van der Waals surface area contributed by atoms with Gasteiger partial charge in [-0.1, -0.05) is 0 Å². The number of aryl methyl sites for hydroxylation is 1. The average molecular weight is 314 g/mol. The van der Waals surface area contributed by atoms with Gasteiger partial charge < -0.3 is 15.2 Å². The Hall–Kier alpha value is -1.45. The molecule has 0 amide bonds. The van der Waals surface area contributed by atoms with Crippen LogP contribution < -0.4 is 10.5 Å². The van der Waals surface area contributed by atoms with Crippen molar-refractivity contribution in [3.8, 4) is 0 Å². The summed E-state index contributed by atoms with van der Waals surface area (Å²) in [5.41, 5.74) is 4.66. The number of hydrogen-bond acceptors (Lipinski definition) is 5. The summed E-state index contributed by atoms with van der Waals surface area (Å²) in [6, 6.07) is 0. The highest BCUT2D eigenvalue weighted by molar-refractivity contribution is 7.89. The van der Waals surface area contributed by atoms with Gasteiger partial charge >= 0.3 is 0 Å². The molecule has 0 spiro atoms. The Bertz CT molecular complexity index is 615. The summed E-state index contributed by atoms with van der Waals surface area (Å²) in [6.45, 7) is 3.92. The maximum absolute atomic E-state index is 12.5. The van der Waals surface area contributed by atoms with Gasteiger partial charge in [0.1, 0.15) is 5.84 Å². The molecule has 1 saturated heterocycles. The zero-order chi connectivity index (χ0) is 15.7. The molecule has 0 aliphatic carbocycles. The normalized spacial score (nSPS) is 19.5. The zero-order valence-electron chi connectivity index (χ0n) is 12.3. The molecule has 0 bridgehead atoms. The number of nitrogens with zero attached hydrogens (tertiary/aromatic N) is 3. The van der Waals surface area contributed by atoms with Crippen LogP contribution in [0.4, 0.5) is 0 Å². The first kappa shape index (κ1) is 15.9. The summed E-state index contributed by atoms with van der Waals surface area (Å²) in [4.78, 5) is 6.00. The van der Waals surface area contributed by atoms with Gasteiger partial charge in [0.25, 0.3) is 10.0 Å². The van der Waals surface area contributed by atoms with Gasteiger partial charge in [-0.05, 0) is 26.8 Å². The van der Waals surface area contributed by atoms with Crippen molar-refractivity contribution in [3.63, 3.8) is 0 Å². The third-order valence-corrected chi connectivity index (χ3v) is 5.36. The summed E-state index contributed by atoms with van der Waals surface area (Å²) in [6.07, 6.45) is 3.91. The minimum Gasteiger partial charge on any atom is -0.386 e. The lowest BCUT2D eigenvalue weighted by molar-refractivity contribution is 0.218. The van der Waals surface area contributed by atoms with Gasteiger partial charge in [-0.15, -0.1) is 0 Å². The lowest BCUT2D eigenvalue weighted by atomic mass is 9.88.